The summed E-state index contributed by atoms with van der Waals surface area (Å²) in [5.74, 6) is 0. The molecule has 0 N–H and O–H groups in total. The van der Waals surface area contributed by atoms with E-state index < -0.39 is 0 Å². The van der Waals surface area contributed by atoms with Crippen LogP contribution in [0, 0.1) is 0 Å². The molecule has 0 saturated carbocycles. The number of benzene rings is 10. The summed E-state index contributed by atoms with van der Waals surface area (Å²) >= 11 is 1.88. The Bertz CT molecular complexity index is 3910. The van der Waals surface area contributed by atoms with Crippen LogP contribution in [0.15, 0.2) is 217 Å². The van der Waals surface area contributed by atoms with Crippen LogP contribution < -0.4 is 4.90 Å². The second-order valence-corrected chi connectivity index (χ2v) is 21.6. The zero-order chi connectivity index (χ0) is 47.0. The summed E-state index contributed by atoms with van der Waals surface area (Å²) in [5.41, 5.74) is 17.3. The number of nitrogens with zero attached hydrogens (tertiary/aromatic N) is 1. The second kappa shape index (κ2) is 16.5. The monoisotopic (exact) mass is 907 g/mol. The highest BCUT2D eigenvalue weighted by atomic mass is 32.1. The molecule has 0 aliphatic heterocycles. The van der Waals surface area contributed by atoms with E-state index in [0.717, 1.165) is 55.7 Å². The van der Waals surface area contributed by atoms with Crippen LogP contribution in [0.3, 0.4) is 0 Å². The van der Waals surface area contributed by atoms with Crippen molar-refractivity contribution in [1.29, 1.82) is 0 Å². The van der Waals surface area contributed by atoms with E-state index in [-0.39, 0.29) is 10.8 Å². The van der Waals surface area contributed by atoms with Gasteiger partial charge in [-0.1, -0.05) is 199 Å². The third kappa shape index (κ3) is 7.59. The maximum absolute atomic E-state index is 6.27. The summed E-state index contributed by atoms with van der Waals surface area (Å²) in [6, 6.07) is 78.4. The van der Waals surface area contributed by atoms with Gasteiger partial charge in [-0.2, -0.15) is 0 Å². The molecule has 0 aliphatic rings. The number of para-hydroxylation sites is 2. The molecule has 0 unspecified atom stereocenters. The van der Waals surface area contributed by atoms with Gasteiger partial charge in [-0.3, -0.25) is 0 Å². The highest BCUT2D eigenvalue weighted by Gasteiger charge is 2.24. The predicted molar refractivity (Wildman–Crippen MR) is 298 cm³/mol. The first kappa shape index (κ1) is 42.6. The van der Waals surface area contributed by atoms with Crippen LogP contribution in [0.1, 0.15) is 52.7 Å². The van der Waals surface area contributed by atoms with Crippen molar-refractivity contribution < 1.29 is 4.42 Å². The standard InChI is InChI=1S/C66H53NOS/c1-65(2,3)47-36-46(37-48(41-47)66(4,5)6)51-27-15-18-42-19-16-29-56(63(42)51)53-24-7-10-31-59(53)67(49-22-13-20-43(38-49)44-34-35-61-58(40-44)54-25-8-11-32-60(54)68-61)50-23-14-21-45(39-50)52-28-17-30-57-55-26-9-12-33-62(55)69-64(52)57/h7-41H,1-6H3. The highest BCUT2D eigenvalue weighted by Crippen LogP contribution is 2.48. The molecule has 12 rings (SSSR count). The van der Waals surface area contributed by atoms with Gasteiger partial charge in [-0.05, 0) is 126 Å². The summed E-state index contributed by atoms with van der Waals surface area (Å²) in [5, 5.41) is 7.31. The molecule has 2 nitrogen and oxygen atoms in total. The molecule has 69 heavy (non-hydrogen) atoms. The maximum Gasteiger partial charge on any atom is 0.135 e. The lowest BCUT2D eigenvalue weighted by Crippen LogP contribution is -2.16. The summed E-state index contributed by atoms with van der Waals surface area (Å²) in [6.45, 7) is 13.9. The van der Waals surface area contributed by atoms with E-state index in [9.17, 15) is 0 Å². The van der Waals surface area contributed by atoms with Crippen LogP contribution >= 0.6 is 11.3 Å². The van der Waals surface area contributed by atoms with Crippen molar-refractivity contribution in [3.05, 3.63) is 223 Å². The molecule has 0 radical (unpaired) electrons. The minimum Gasteiger partial charge on any atom is -0.456 e. The normalized spacial score (nSPS) is 12.2. The molecule has 3 heteroatoms. The van der Waals surface area contributed by atoms with Crippen molar-refractivity contribution in [2.75, 3.05) is 4.90 Å². The maximum atomic E-state index is 6.27. The smallest absolute Gasteiger partial charge is 0.135 e. The summed E-state index contributed by atoms with van der Waals surface area (Å²) < 4.78 is 8.88. The molecule has 334 valence electrons. The van der Waals surface area contributed by atoms with Crippen molar-refractivity contribution >= 4 is 81.3 Å². The Morgan fingerprint density at radius 2 is 0.942 bits per heavy atom. The third-order valence-corrected chi connectivity index (χ3v) is 15.2. The minimum atomic E-state index is -0.0137. The Kier molecular flexibility index (Phi) is 10.2. The van der Waals surface area contributed by atoms with Crippen LogP contribution in [0.2, 0.25) is 0 Å². The lowest BCUT2D eigenvalue weighted by molar-refractivity contribution is 0.569. The van der Waals surface area contributed by atoms with Gasteiger partial charge in [0, 0.05) is 47.9 Å². The molecular formula is C66H53NOS. The van der Waals surface area contributed by atoms with Crippen molar-refractivity contribution in [1.82, 2.24) is 0 Å². The Morgan fingerprint density at radius 1 is 0.377 bits per heavy atom. The molecule has 0 saturated heterocycles. The second-order valence-electron chi connectivity index (χ2n) is 20.6. The van der Waals surface area contributed by atoms with Gasteiger partial charge in [-0.25, -0.2) is 0 Å². The van der Waals surface area contributed by atoms with E-state index in [1.807, 2.05) is 23.5 Å². The van der Waals surface area contributed by atoms with Gasteiger partial charge in [0.05, 0.1) is 5.69 Å². The molecule has 0 atom stereocenters. The molecule has 0 spiro atoms. The van der Waals surface area contributed by atoms with Crippen molar-refractivity contribution in [2.24, 2.45) is 0 Å². The predicted octanol–water partition coefficient (Wildman–Crippen LogP) is 19.8. The number of furan rings is 1. The third-order valence-electron chi connectivity index (χ3n) is 13.9. The van der Waals surface area contributed by atoms with Gasteiger partial charge in [0.15, 0.2) is 0 Å². The van der Waals surface area contributed by atoms with E-state index in [1.165, 1.54) is 69.9 Å². The quantitative estimate of drug-likeness (QED) is 0.158. The molecular weight excluding hydrogens is 855 g/mol. The van der Waals surface area contributed by atoms with Gasteiger partial charge in [0.1, 0.15) is 11.2 Å². The average Bonchev–Trinajstić information content (AvgIpc) is 3.94. The fraction of sp³-hybridized carbons (Fsp3) is 0.121. The van der Waals surface area contributed by atoms with Gasteiger partial charge in [-0.15, -0.1) is 11.3 Å². The van der Waals surface area contributed by atoms with Crippen LogP contribution in [0.5, 0.6) is 0 Å². The number of fused-ring (bicyclic) bond motifs is 7. The number of rotatable bonds is 7. The van der Waals surface area contributed by atoms with Crippen LogP contribution in [0.25, 0.3) is 97.4 Å². The van der Waals surface area contributed by atoms with Crippen molar-refractivity contribution in [3.8, 4) is 44.5 Å². The van der Waals surface area contributed by atoms with E-state index in [2.05, 4.69) is 247 Å². The molecule has 12 aromatic rings. The fourth-order valence-corrected chi connectivity index (χ4v) is 11.5. The Labute approximate surface area is 408 Å². The number of hydrogen-bond donors (Lipinski definition) is 0. The van der Waals surface area contributed by atoms with E-state index in [4.69, 9.17) is 4.42 Å². The lowest BCUT2D eigenvalue weighted by Gasteiger charge is -2.29. The first-order valence-corrected chi connectivity index (χ1v) is 24.9. The molecule has 2 heterocycles. The van der Waals surface area contributed by atoms with Gasteiger partial charge in [0.25, 0.3) is 0 Å². The van der Waals surface area contributed by atoms with Crippen molar-refractivity contribution in [2.45, 2.75) is 52.4 Å². The topological polar surface area (TPSA) is 16.4 Å². The molecule has 2 aromatic heterocycles. The van der Waals surface area contributed by atoms with Gasteiger partial charge < -0.3 is 9.32 Å². The molecule has 0 aliphatic carbocycles. The SMILES string of the molecule is CC(C)(C)c1cc(-c2cccc3cccc(-c4ccccc4N(c4cccc(-c5ccc6oc7ccccc7c6c5)c4)c4cccc(-c5cccc6c5sc5ccccc56)c4)c23)cc(C(C)(C)C)c1. The van der Waals surface area contributed by atoms with E-state index in [1.54, 1.807) is 0 Å². The lowest BCUT2D eigenvalue weighted by atomic mass is 9.78. The zero-order valence-corrected chi connectivity index (χ0v) is 40.8. The molecule has 10 aromatic carbocycles. The van der Waals surface area contributed by atoms with E-state index in [0.29, 0.717) is 0 Å². The molecule has 0 amide bonds. The number of anilines is 3. The highest BCUT2D eigenvalue weighted by molar-refractivity contribution is 7.26. The van der Waals surface area contributed by atoms with Gasteiger partial charge >= 0.3 is 0 Å². The summed E-state index contributed by atoms with van der Waals surface area (Å²) in [4.78, 5) is 2.47. The molecule has 0 fully saturated rings. The summed E-state index contributed by atoms with van der Waals surface area (Å²) in [6.07, 6.45) is 0. The van der Waals surface area contributed by atoms with Crippen molar-refractivity contribution in [3.63, 3.8) is 0 Å². The Balaban J connectivity index is 1.08. The van der Waals surface area contributed by atoms with E-state index >= 15 is 0 Å². The van der Waals surface area contributed by atoms with Crippen LogP contribution in [-0.2, 0) is 10.8 Å². The number of hydrogen-bond acceptors (Lipinski definition) is 3. The zero-order valence-electron chi connectivity index (χ0n) is 40.0. The van der Waals surface area contributed by atoms with Crippen LogP contribution in [-0.4, -0.2) is 0 Å². The first-order chi connectivity index (χ1) is 33.5. The average molecular weight is 908 g/mol. The summed E-state index contributed by atoms with van der Waals surface area (Å²) in [7, 11) is 0. The van der Waals surface area contributed by atoms with Crippen LogP contribution in [0.4, 0.5) is 17.1 Å². The molecule has 0 bridgehead atoms. The Morgan fingerprint density at radius 3 is 1.71 bits per heavy atom. The minimum absolute atomic E-state index is 0.0137. The fourth-order valence-electron chi connectivity index (χ4n) is 10.3. The largest absolute Gasteiger partial charge is 0.456 e. The number of thiophene rings is 1. The van der Waals surface area contributed by atoms with Gasteiger partial charge in [0.2, 0.25) is 0 Å². The Hall–Kier alpha value is -7.72. The first-order valence-electron chi connectivity index (χ1n) is 24.1.